The van der Waals surface area contributed by atoms with Crippen LogP contribution in [0.5, 0.6) is 0 Å². The van der Waals surface area contributed by atoms with E-state index in [1.54, 1.807) is 30.8 Å². The van der Waals surface area contributed by atoms with Crippen LogP contribution >= 0.6 is 11.3 Å². The smallest absolute Gasteiger partial charge is 0.228 e. The Kier molecular flexibility index (Phi) is 4.82. The molecule has 0 aromatic carbocycles. The van der Waals surface area contributed by atoms with Crippen LogP contribution < -0.4 is 5.32 Å². The molecule has 122 valence electrons. The van der Waals surface area contributed by atoms with Crippen molar-refractivity contribution in [2.75, 3.05) is 32.1 Å². The fourth-order valence-electron chi connectivity index (χ4n) is 2.57. The molecule has 3 rings (SSSR count). The molecule has 23 heavy (non-hydrogen) atoms. The van der Waals surface area contributed by atoms with Crippen molar-refractivity contribution in [3.05, 3.63) is 34.2 Å². The van der Waals surface area contributed by atoms with Gasteiger partial charge in [0, 0.05) is 31.4 Å². The number of hydrogen-bond donors (Lipinski definition) is 1. The Bertz CT molecular complexity index is 690. The van der Waals surface area contributed by atoms with E-state index in [1.165, 1.54) is 0 Å². The van der Waals surface area contributed by atoms with Crippen molar-refractivity contribution < 1.29 is 9.53 Å². The zero-order valence-corrected chi connectivity index (χ0v) is 14.0. The van der Waals surface area contributed by atoms with Crippen LogP contribution in [0.4, 0.5) is 5.82 Å². The Morgan fingerprint density at radius 2 is 2.30 bits per heavy atom. The number of nitrogens with zero attached hydrogens (tertiary/aromatic N) is 4. The molecule has 2 aromatic heterocycles. The molecule has 0 saturated carbocycles. The number of rotatable bonds is 4. The number of hydrogen-bond acceptors (Lipinski definition) is 7. The van der Waals surface area contributed by atoms with Crippen molar-refractivity contribution >= 4 is 23.1 Å². The standard InChI is InChI=1S/C15H19N5O2S/c1-10-19-11(9-23-10)7-13(21)20-5-6-22-12(8-20)14-15(16-2)18-4-3-17-14/h3-4,9,12H,5-8H2,1-2H3,(H,16,18)/t12-/m1/s1. The summed E-state index contributed by atoms with van der Waals surface area (Å²) in [6, 6.07) is 0. The second-order valence-electron chi connectivity index (χ2n) is 5.27. The van der Waals surface area contributed by atoms with Crippen molar-refractivity contribution in [2.45, 2.75) is 19.4 Å². The molecular formula is C15H19N5O2S. The van der Waals surface area contributed by atoms with Gasteiger partial charge in [-0.2, -0.15) is 0 Å². The average Bonchev–Trinajstić information content (AvgIpc) is 2.99. The third-order valence-electron chi connectivity index (χ3n) is 3.69. The molecule has 1 saturated heterocycles. The third kappa shape index (κ3) is 3.65. The first-order chi connectivity index (χ1) is 11.2. The highest BCUT2D eigenvalue weighted by molar-refractivity contribution is 7.09. The summed E-state index contributed by atoms with van der Waals surface area (Å²) in [4.78, 5) is 27.3. The van der Waals surface area contributed by atoms with Gasteiger partial charge in [-0.1, -0.05) is 0 Å². The van der Waals surface area contributed by atoms with E-state index in [9.17, 15) is 4.79 Å². The van der Waals surface area contributed by atoms with Gasteiger partial charge in [-0.3, -0.25) is 9.78 Å². The van der Waals surface area contributed by atoms with E-state index < -0.39 is 0 Å². The fourth-order valence-corrected chi connectivity index (χ4v) is 3.19. The van der Waals surface area contributed by atoms with Gasteiger partial charge in [-0.15, -0.1) is 11.3 Å². The van der Waals surface area contributed by atoms with E-state index in [0.29, 0.717) is 31.9 Å². The van der Waals surface area contributed by atoms with E-state index in [0.717, 1.165) is 16.4 Å². The van der Waals surface area contributed by atoms with Crippen molar-refractivity contribution in [3.63, 3.8) is 0 Å². The number of carbonyl (C=O) groups is 1. The normalized spacial score (nSPS) is 18.0. The third-order valence-corrected chi connectivity index (χ3v) is 4.51. The Hall–Kier alpha value is -2.06. The van der Waals surface area contributed by atoms with Crippen molar-refractivity contribution in [3.8, 4) is 0 Å². The molecule has 0 radical (unpaired) electrons. The number of thiazole rings is 1. The predicted molar refractivity (Wildman–Crippen MR) is 87.4 cm³/mol. The molecule has 1 fully saturated rings. The summed E-state index contributed by atoms with van der Waals surface area (Å²) in [5.41, 5.74) is 1.56. The monoisotopic (exact) mass is 333 g/mol. The van der Waals surface area contributed by atoms with Gasteiger partial charge in [0.2, 0.25) is 5.91 Å². The lowest BCUT2D eigenvalue weighted by Crippen LogP contribution is -2.43. The Labute approximate surface area is 138 Å². The Balaban J connectivity index is 1.69. The molecule has 0 spiro atoms. The maximum Gasteiger partial charge on any atom is 0.228 e. The molecule has 1 aliphatic heterocycles. The number of anilines is 1. The molecular weight excluding hydrogens is 314 g/mol. The molecule has 1 amide bonds. The highest BCUT2D eigenvalue weighted by Gasteiger charge is 2.28. The number of morpholine rings is 1. The lowest BCUT2D eigenvalue weighted by molar-refractivity contribution is -0.138. The number of nitrogens with one attached hydrogen (secondary N) is 1. The van der Waals surface area contributed by atoms with E-state index in [2.05, 4.69) is 20.3 Å². The molecule has 8 heteroatoms. The van der Waals surface area contributed by atoms with Gasteiger partial charge in [-0.05, 0) is 6.92 Å². The van der Waals surface area contributed by atoms with Crippen LogP contribution in [0, 0.1) is 6.92 Å². The summed E-state index contributed by atoms with van der Waals surface area (Å²) in [6.07, 6.45) is 3.33. The molecule has 7 nitrogen and oxygen atoms in total. The van der Waals surface area contributed by atoms with Crippen LogP contribution in [-0.4, -0.2) is 52.5 Å². The summed E-state index contributed by atoms with van der Waals surface area (Å²) in [5.74, 6) is 0.750. The largest absolute Gasteiger partial charge is 0.372 e. The zero-order valence-electron chi connectivity index (χ0n) is 13.2. The van der Waals surface area contributed by atoms with Crippen LogP contribution in [0.15, 0.2) is 17.8 Å². The van der Waals surface area contributed by atoms with Crippen LogP contribution in [0.2, 0.25) is 0 Å². The van der Waals surface area contributed by atoms with Gasteiger partial charge in [0.1, 0.15) is 17.6 Å². The fraction of sp³-hybridized carbons (Fsp3) is 0.467. The first kappa shape index (κ1) is 15.8. The molecule has 1 N–H and O–H groups in total. The van der Waals surface area contributed by atoms with Crippen molar-refractivity contribution in [1.82, 2.24) is 19.9 Å². The maximum atomic E-state index is 12.5. The predicted octanol–water partition coefficient (Wildman–Crippen LogP) is 1.43. The lowest BCUT2D eigenvalue weighted by Gasteiger charge is -2.33. The molecule has 1 atom stereocenters. The number of aromatic nitrogens is 3. The second-order valence-corrected chi connectivity index (χ2v) is 6.34. The van der Waals surface area contributed by atoms with Crippen molar-refractivity contribution in [2.24, 2.45) is 0 Å². The quantitative estimate of drug-likeness (QED) is 0.912. The van der Waals surface area contributed by atoms with Gasteiger partial charge >= 0.3 is 0 Å². The van der Waals surface area contributed by atoms with Gasteiger partial charge < -0.3 is 15.0 Å². The van der Waals surface area contributed by atoms with Crippen LogP contribution in [0.1, 0.15) is 22.5 Å². The lowest BCUT2D eigenvalue weighted by atomic mass is 10.1. The molecule has 0 unspecified atom stereocenters. The highest BCUT2D eigenvalue weighted by atomic mass is 32.1. The number of carbonyl (C=O) groups excluding carboxylic acids is 1. The topological polar surface area (TPSA) is 80.2 Å². The van der Waals surface area contributed by atoms with Crippen molar-refractivity contribution in [1.29, 1.82) is 0 Å². The SMILES string of the molecule is CNc1nccnc1[C@H]1CN(C(=O)Cc2csc(C)n2)CCO1. The van der Waals surface area contributed by atoms with E-state index in [4.69, 9.17) is 4.74 Å². The molecule has 1 aliphatic rings. The summed E-state index contributed by atoms with van der Waals surface area (Å²) >= 11 is 1.56. The number of aryl methyl sites for hydroxylation is 1. The van der Waals surface area contributed by atoms with E-state index >= 15 is 0 Å². The van der Waals surface area contributed by atoms with Gasteiger partial charge in [0.15, 0.2) is 0 Å². The van der Waals surface area contributed by atoms with Gasteiger partial charge in [-0.25, -0.2) is 9.97 Å². The number of amides is 1. The highest BCUT2D eigenvalue weighted by Crippen LogP contribution is 2.25. The minimum absolute atomic E-state index is 0.0681. The van der Waals surface area contributed by atoms with Gasteiger partial charge in [0.05, 0.1) is 30.3 Å². The molecule has 0 bridgehead atoms. The number of ether oxygens (including phenoxy) is 1. The summed E-state index contributed by atoms with van der Waals surface area (Å²) in [7, 11) is 1.80. The van der Waals surface area contributed by atoms with Crippen LogP contribution in [0.3, 0.4) is 0 Å². The molecule has 2 aromatic rings. The summed E-state index contributed by atoms with van der Waals surface area (Å²) < 4.78 is 5.79. The first-order valence-electron chi connectivity index (χ1n) is 7.46. The summed E-state index contributed by atoms with van der Waals surface area (Å²) in [6.45, 7) is 3.51. The minimum atomic E-state index is -0.263. The van der Waals surface area contributed by atoms with Gasteiger partial charge in [0.25, 0.3) is 0 Å². The first-order valence-corrected chi connectivity index (χ1v) is 8.34. The Morgan fingerprint density at radius 1 is 1.48 bits per heavy atom. The molecule has 0 aliphatic carbocycles. The van der Waals surface area contributed by atoms with E-state index in [-0.39, 0.29) is 12.0 Å². The minimum Gasteiger partial charge on any atom is -0.372 e. The van der Waals surface area contributed by atoms with E-state index in [1.807, 2.05) is 17.2 Å². The maximum absolute atomic E-state index is 12.5. The zero-order chi connectivity index (χ0) is 16.2. The average molecular weight is 333 g/mol. The Morgan fingerprint density at radius 3 is 3.04 bits per heavy atom. The molecule has 3 heterocycles. The van der Waals surface area contributed by atoms with Crippen LogP contribution in [0.25, 0.3) is 0 Å². The van der Waals surface area contributed by atoms with Crippen LogP contribution in [-0.2, 0) is 16.0 Å². The second kappa shape index (κ2) is 7.01. The summed E-state index contributed by atoms with van der Waals surface area (Å²) in [5, 5.41) is 5.93.